The highest BCUT2D eigenvalue weighted by atomic mass is 79.9. The van der Waals surface area contributed by atoms with E-state index in [1.807, 2.05) is 18.2 Å². The van der Waals surface area contributed by atoms with Crippen LogP contribution in [0.3, 0.4) is 0 Å². The number of halogens is 1. The third-order valence-corrected chi connectivity index (χ3v) is 2.74. The highest BCUT2D eigenvalue weighted by molar-refractivity contribution is 9.10. The summed E-state index contributed by atoms with van der Waals surface area (Å²) in [4.78, 5) is 0. The molecule has 1 aromatic rings. The number of terminal acetylenes is 1. The van der Waals surface area contributed by atoms with Crippen LogP contribution < -0.4 is 10.5 Å². The number of hydrogen-bond acceptors (Lipinski definition) is 2. The van der Waals surface area contributed by atoms with Crippen molar-refractivity contribution in [3.05, 3.63) is 28.2 Å². The average Bonchev–Trinajstić information content (AvgIpc) is 2.26. The van der Waals surface area contributed by atoms with Crippen molar-refractivity contribution in [2.45, 2.75) is 19.4 Å². The molecule has 1 rings (SSSR count). The highest BCUT2D eigenvalue weighted by Crippen LogP contribution is 2.22. The molecular formula is C12H14BrNO. The molecule has 1 aromatic carbocycles. The summed E-state index contributed by atoms with van der Waals surface area (Å²) in [6.45, 7) is 1.15. The second-order valence-electron chi connectivity index (χ2n) is 3.11. The number of rotatable bonds is 5. The van der Waals surface area contributed by atoms with Gasteiger partial charge in [-0.25, -0.2) is 0 Å². The van der Waals surface area contributed by atoms with Gasteiger partial charge in [0.25, 0.3) is 0 Å². The van der Waals surface area contributed by atoms with E-state index in [0.29, 0.717) is 13.2 Å². The van der Waals surface area contributed by atoms with Gasteiger partial charge in [0.05, 0.1) is 6.61 Å². The van der Waals surface area contributed by atoms with E-state index < -0.39 is 0 Å². The maximum atomic E-state index is 5.58. The van der Waals surface area contributed by atoms with Gasteiger partial charge < -0.3 is 10.5 Å². The van der Waals surface area contributed by atoms with Crippen LogP contribution in [-0.4, -0.2) is 6.61 Å². The van der Waals surface area contributed by atoms with E-state index in [1.165, 1.54) is 0 Å². The maximum Gasteiger partial charge on any atom is 0.119 e. The molecule has 0 aliphatic rings. The molecule has 3 heteroatoms. The third kappa shape index (κ3) is 3.94. The second kappa shape index (κ2) is 6.49. The molecule has 15 heavy (non-hydrogen) atoms. The number of benzene rings is 1. The number of nitrogens with two attached hydrogens (primary N) is 1. The molecule has 2 N–H and O–H groups in total. The zero-order valence-corrected chi connectivity index (χ0v) is 10.1. The van der Waals surface area contributed by atoms with Crippen LogP contribution in [0.15, 0.2) is 22.7 Å². The molecule has 0 bridgehead atoms. The van der Waals surface area contributed by atoms with Gasteiger partial charge in [0.15, 0.2) is 0 Å². The van der Waals surface area contributed by atoms with Gasteiger partial charge in [0.2, 0.25) is 0 Å². The van der Waals surface area contributed by atoms with E-state index in [1.54, 1.807) is 0 Å². The molecule has 0 fully saturated rings. The van der Waals surface area contributed by atoms with E-state index in [-0.39, 0.29) is 0 Å². The summed E-state index contributed by atoms with van der Waals surface area (Å²) in [5, 5.41) is 0. The summed E-state index contributed by atoms with van der Waals surface area (Å²) in [5.74, 6) is 3.42. The Morgan fingerprint density at radius 3 is 2.93 bits per heavy atom. The molecular weight excluding hydrogens is 254 g/mol. The SMILES string of the molecule is C#CCCCOc1ccc(Br)c(CN)c1. The zero-order valence-electron chi connectivity index (χ0n) is 8.50. The fraction of sp³-hybridized carbons (Fsp3) is 0.333. The third-order valence-electron chi connectivity index (χ3n) is 1.97. The Hall–Kier alpha value is -0.980. The summed E-state index contributed by atoms with van der Waals surface area (Å²) in [5.41, 5.74) is 6.63. The quantitative estimate of drug-likeness (QED) is 0.658. The van der Waals surface area contributed by atoms with Crippen LogP contribution in [0, 0.1) is 12.3 Å². The lowest BCUT2D eigenvalue weighted by molar-refractivity contribution is 0.312. The predicted octanol–water partition coefficient (Wildman–Crippen LogP) is 2.70. The lowest BCUT2D eigenvalue weighted by Gasteiger charge is -2.07. The molecule has 2 nitrogen and oxygen atoms in total. The Kier molecular flexibility index (Phi) is 5.23. The summed E-state index contributed by atoms with van der Waals surface area (Å²) < 4.78 is 6.55. The van der Waals surface area contributed by atoms with Gasteiger partial charge in [-0.2, -0.15) is 0 Å². The van der Waals surface area contributed by atoms with Crippen LogP contribution in [-0.2, 0) is 6.54 Å². The van der Waals surface area contributed by atoms with Crippen molar-refractivity contribution in [2.75, 3.05) is 6.61 Å². The Bertz CT molecular complexity index is 357. The van der Waals surface area contributed by atoms with Gasteiger partial charge in [0.1, 0.15) is 5.75 Å². The molecule has 0 aromatic heterocycles. The molecule has 0 radical (unpaired) electrons. The van der Waals surface area contributed by atoms with Gasteiger partial charge in [-0.05, 0) is 30.2 Å². The zero-order chi connectivity index (χ0) is 11.1. The first-order valence-corrected chi connectivity index (χ1v) is 5.62. The van der Waals surface area contributed by atoms with Gasteiger partial charge in [0, 0.05) is 17.4 Å². The topological polar surface area (TPSA) is 35.2 Å². The second-order valence-corrected chi connectivity index (χ2v) is 3.97. The standard InChI is InChI=1S/C12H14BrNO/c1-2-3-4-7-15-11-5-6-12(13)10(8-11)9-14/h1,5-6,8H,3-4,7,9,14H2. The number of ether oxygens (including phenoxy) is 1. The summed E-state index contributed by atoms with van der Waals surface area (Å²) in [7, 11) is 0. The van der Waals surface area contributed by atoms with E-state index in [0.717, 1.165) is 28.6 Å². The molecule has 0 saturated carbocycles. The minimum Gasteiger partial charge on any atom is -0.494 e. The molecule has 0 aliphatic heterocycles. The monoisotopic (exact) mass is 267 g/mol. The Morgan fingerprint density at radius 1 is 1.47 bits per heavy atom. The van der Waals surface area contributed by atoms with E-state index in [4.69, 9.17) is 16.9 Å². The van der Waals surface area contributed by atoms with E-state index in [2.05, 4.69) is 21.9 Å². The van der Waals surface area contributed by atoms with Gasteiger partial charge in [-0.15, -0.1) is 12.3 Å². The highest BCUT2D eigenvalue weighted by Gasteiger charge is 2.00. The minimum absolute atomic E-state index is 0.502. The number of unbranched alkanes of at least 4 members (excludes halogenated alkanes) is 1. The Labute approximate surface area is 98.9 Å². The fourth-order valence-electron chi connectivity index (χ4n) is 1.16. The van der Waals surface area contributed by atoms with Crippen molar-refractivity contribution in [2.24, 2.45) is 5.73 Å². The molecule has 0 atom stereocenters. The van der Waals surface area contributed by atoms with Gasteiger partial charge in [-0.1, -0.05) is 15.9 Å². The molecule has 0 unspecified atom stereocenters. The summed E-state index contributed by atoms with van der Waals surface area (Å²) in [6, 6.07) is 5.80. The van der Waals surface area contributed by atoms with Crippen molar-refractivity contribution in [1.29, 1.82) is 0 Å². The lowest BCUT2D eigenvalue weighted by atomic mass is 10.2. The van der Waals surface area contributed by atoms with Crippen LogP contribution in [0.25, 0.3) is 0 Å². The predicted molar refractivity (Wildman–Crippen MR) is 65.6 cm³/mol. The van der Waals surface area contributed by atoms with Crippen molar-refractivity contribution in [3.8, 4) is 18.1 Å². The van der Waals surface area contributed by atoms with Crippen molar-refractivity contribution in [1.82, 2.24) is 0 Å². The fourth-order valence-corrected chi connectivity index (χ4v) is 1.57. The van der Waals surface area contributed by atoms with Crippen molar-refractivity contribution in [3.63, 3.8) is 0 Å². The Morgan fingerprint density at radius 2 is 2.27 bits per heavy atom. The summed E-state index contributed by atoms with van der Waals surface area (Å²) >= 11 is 3.42. The van der Waals surface area contributed by atoms with Crippen molar-refractivity contribution >= 4 is 15.9 Å². The Balaban J connectivity index is 2.52. The first kappa shape index (κ1) is 12.1. The average molecular weight is 268 g/mol. The molecule has 0 saturated heterocycles. The van der Waals surface area contributed by atoms with E-state index in [9.17, 15) is 0 Å². The van der Waals surface area contributed by atoms with Gasteiger partial charge in [-0.3, -0.25) is 0 Å². The lowest BCUT2D eigenvalue weighted by Crippen LogP contribution is -2.00. The van der Waals surface area contributed by atoms with Crippen LogP contribution >= 0.6 is 15.9 Å². The van der Waals surface area contributed by atoms with Crippen LogP contribution in [0.4, 0.5) is 0 Å². The van der Waals surface area contributed by atoms with Crippen LogP contribution in [0.1, 0.15) is 18.4 Å². The largest absolute Gasteiger partial charge is 0.494 e. The molecule has 0 heterocycles. The molecule has 80 valence electrons. The van der Waals surface area contributed by atoms with Crippen molar-refractivity contribution < 1.29 is 4.74 Å². The van der Waals surface area contributed by atoms with Crippen LogP contribution in [0.5, 0.6) is 5.75 Å². The minimum atomic E-state index is 0.502. The normalized spacial score (nSPS) is 9.67. The number of hydrogen-bond donors (Lipinski definition) is 1. The molecule has 0 spiro atoms. The maximum absolute atomic E-state index is 5.58. The summed E-state index contributed by atoms with van der Waals surface area (Å²) in [6.07, 6.45) is 6.77. The molecule has 0 amide bonds. The molecule has 0 aliphatic carbocycles. The van der Waals surface area contributed by atoms with Crippen LogP contribution in [0.2, 0.25) is 0 Å². The smallest absolute Gasteiger partial charge is 0.119 e. The van der Waals surface area contributed by atoms with E-state index >= 15 is 0 Å². The van der Waals surface area contributed by atoms with Gasteiger partial charge >= 0.3 is 0 Å². The first-order valence-electron chi connectivity index (χ1n) is 4.82. The first-order chi connectivity index (χ1) is 7.27.